The number of nitrogens with one attached hydrogen (secondary N) is 1. The molecule has 0 spiro atoms. The topological polar surface area (TPSA) is 68.1 Å². The van der Waals surface area contributed by atoms with E-state index in [1.54, 1.807) is 6.08 Å². The van der Waals surface area contributed by atoms with Gasteiger partial charge in [-0.3, -0.25) is 10.1 Å². The molecule has 0 aromatic carbocycles. The Morgan fingerprint density at radius 3 is 3.06 bits per heavy atom. The number of halogens is 1. The lowest BCUT2D eigenvalue weighted by Gasteiger charge is -1.97. The molecule has 1 aromatic rings. The van der Waals surface area contributed by atoms with Gasteiger partial charge in [-0.2, -0.15) is 0 Å². The summed E-state index contributed by atoms with van der Waals surface area (Å²) in [6, 6.07) is 1.41. The zero-order valence-electron chi connectivity index (χ0n) is 8.81. The van der Waals surface area contributed by atoms with E-state index in [2.05, 4.69) is 10.3 Å². The summed E-state index contributed by atoms with van der Waals surface area (Å²) in [5.74, 6) is 0. The average Bonchev–Trinajstić information content (AvgIpc) is 2.26. The van der Waals surface area contributed by atoms with Crippen molar-refractivity contribution in [2.45, 2.75) is 6.42 Å². The molecular weight excluding hydrogens is 230 g/mol. The molecule has 0 atom stereocenters. The maximum Gasteiger partial charge on any atom is 0.288 e. The Hall–Kier alpha value is -1.46. The molecule has 0 unspecified atom stereocenters. The largest absolute Gasteiger partial charge is 0.319 e. The molecular formula is C10H12ClN3O2. The number of aromatic nitrogens is 1. The quantitative estimate of drug-likeness (QED) is 0.372. The number of hydrogen-bond acceptors (Lipinski definition) is 4. The summed E-state index contributed by atoms with van der Waals surface area (Å²) < 4.78 is 0. The van der Waals surface area contributed by atoms with E-state index in [9.17, 15) is 10.1 Å². The van der Waals surface area contributed by atoms with E-state index >= 15 is 0 Å². The molecule has 0 fully saturated rings. The third-order valence-electron chi connectivity index (χ3n) is 1.92. The Morgan fingerprint density at radius 1 is 1.69 bits per heavy atom. The van der Waals surface area contributed by atoms with Gasteiger partial charge in [-0.1, -0.05) is 23.8 Å². The molecule has 0 amide bonds. The molecule has 0 radical (unpaired) electrons. The maximum atomic E-state index is 10.5. The second kappa shape index (κ2) is 6.19. The van der Waals surface area contributed by atoms with Crippen LogP contribution in [0.1, 0.15) is 12.0 Å². The summed E-state index contributed by atoms with van der Waals surface area (Å²) in [6.07, 6.45) is 5.60. The highest BCUT2D eigenvalue weighted by Gasteiger charge is 2.08. The van der Waals surface area contributed by atoms with E-state index in [0.29, 0.717) is 5.56 Å². The number of rotatable bonds is 5. The summed E-state index contributed by atoms with van der Waals surface area (Å²) in [5, 5.41) is 13.8. The molecule has 1 heterocycles. The van der Waals surface area contributed by atoms with Gasteiger partial charge in [-0.15, -0.1) is 0 Å². The van der Waals surface area contributed by atoms with Crippen LogP contribution in [0.15, 0.2) is 18.3 Å². The van der Waals surface area contributed by atoms with E-state index in [0.717, 1.165) is 19.2 Å². The number of pyridine rings is 1. The average molecular weight is 242 g/mol. The van der Waals surface area contributed by atoms with Crippen molar-refractivity contribution in [2.24, 2.45) is 0 Å². The van der Waals surface area contributed by atoms with Gasteiger partial charge in [-0.25, -0.2) is 4.98 Å². The van der Waals surface area contributed by atoms with Crippen LogP contribution in [0, 0.1) is 10.1 Å². The fourth-order valence-corrected chi connectivity index (χ4v) is 1.27. The van der Waals surface area contributed by atoms with Crippen LogP contribution in [-0.4, -0.2) is 23.5 Å². The standard InChI is InChI=1S/C10H12ClN3O2/c1-12-5-3-2-4-8-6-9(14(15)16)7-13-10(8)11/h2,4,6-7,12H,3,5H2,1H3. The minimum atomic E-state index is -0.492. The minimum Gasteiger partial charge on any atom is -0.319 e. The van der Waals surface area contributed by atoms with Crippen molar-refractivity contribution in [3.05, 3.63) is 39.2 Å². The second-order valence-corrected chi connectivity index (χ2v) is 3.48. The molecule has 6 heteroatoms. The van der Waals surface area contributed by atoms with E-state index in [1.807, 2.05) is 13.1 Å². The molecule has 1 rings (SSSR count). The monoisotopic (exact) mass is 241 g/mol. The van der Waals surface area contributed by atoms with Crippen molar-refractivity contribution in [2.75, 3.05) is 13.6 Å². The molecule has 0 saturated heterocycles. The number of hydrogen-bond donors (Lipinski definition) is 1. The maximum absolute atomic E-state index is 10.5. The van der Waals surface area contributed by atoms with E-state index in [1.165, 1.54) is 6.07 Å². The first-order chi connectivity index (χ1) is 7.65. The van der Waals surface area contributed by atoms with Gasteiger partial charge in [-0.05, 0) is 20.0 Å². The molecule has 1 N–H and O–H groups in total. The Morgan fingerprint density at radius 2 is 2.44 bits per heavy atom. The Labute approximate surface area is 98.3 Å². The smallest absolute Gasteiger partial charge is 0.288 e. The summed E-state index contributed by atoms with van der Waals surface area (Å²) in [6.45, 7) is 0.844. The normalized spacial score (nSPS) is 10.9. The molecule has 0 saturated carbocycles. The lowest BCUT2D eigenvalue weighted by Crippen LogP contribution is -2.05. The van der Waals surface area contributed by atoms with Crippen LogP contribution >= 0.6 is 11.6 Å². The molecule has 0 aliphatic rings. The zero-order valence-corrected chi connectivity index (χ0v) is 9.57. The Balaban J connectivity index is 2.82. The summed E-state index contributed by atoms with van der Waals surface area (Å²) in [4.78, 5) is 13.8. The molecule has 16 heavy (non-hydrogen) atoms. The van der Waals surface area contributed by atoms with Crippen molar-refractivity contribution >= 4 is 23.4 Å². The predicted octanol–water partition coefficient (Wildman–Crippen LogP) is 2.27. The molecule has 0 aliphatic heterocycles. The predicted molar refractivity (Wildman–Crippen MR) is 63.5 cm³/mol. The van der Waals surface area contributed by atoms with Crippen LogP contribution in [-0.2, 0) is 0 Å². The Bertz CT molecular complexity index is 407. The van der Waals surface area contributed by atoms with Gasteiger partial charge in [0.05, 0.1) is 4.92 Å². The molecule has 0 bridgehead atoms. The lowest BCUT2D eigenvalue weighted by atomic mass is 10.2. The SMILES string of the molecule is CNCCC=Cc1cc([N+](=O)[O-])cnc1Cl. The first-order valence-corrected chi connectivity index (χ1v) is 5.14. The zero-order chi connectivity index (χ0) is 12.0. The highest BCUT2D eigenvalue weighted by atomic mass is 35.5. The van der Waals surface area contributed by atoms with Crippen LogP contribution in [0.2, 0.25) is 5.15 Å². The highest BCUT2D eigenvalue weighted by Crippen LogP contribution is 2.20. The minimum absolute atomic E-state index is 0.0577. The lowest BCUT2D eigenvalue weighted by molar-refractivity contribution is -0.385. The molecule has 5 nitrogen and oxygen atoms in total. The van der Waals surface area contributed by atoms with Gasteiger partial charge < -0.3 is 5.32 Å². The van der Waals surface area contributed by atoms with Crippen molar-refractivity contribution in [1.82, 2.24) is 10.3 Å². The highest BCUT2D eigenvalue weighted by molar-refractivity contribution is 6.30. The third-order valence-corrected chi connectivity index (χ3v) is 2.24. The fraction of sp³-hybridized carbons (Fsp3) is 0.300. The van der Waals surface area contributed by atoms with E-state index < -0.39 is 4.92 Å². The third kappa shape index (κ3) is 3.60. The summed E-state index contributed by atoms with van der Waals surface area (Å²) in [7, 11) is 1.86. The second-order valence-electron chi connectivity index (χ2n) is 3.13. The van der Waals surface area contributed by atoms with E-state index in [-0.39, 0.29) is 10.8 Å². The summed E-state index contributed by atoms with van der Waals surface area (Å²) >= 11 is 5.81. The summed E-state index contributed by atoms with van der Waals surface area (Å²) in [5.41, 5.74) is 0.504. The van der Waals surface area contributed by atoms with Gasteiger partial charge in [0.15, 0.2) is 0 Å². The van der Waals surface area contributed by atoms with Gasteiger partial charge in [0.2, 0.25) is 0 Å². The molecule has 1 aromatic heterocycles. The first-order valence-electron chi connectivity index (χ1n) is 4.76. The van der Waals surface area contributed by atoms with Crippen LogP contribution in [0.3, 0.4) is 0 Å². The molecule has 0 aliphatic carbocycles. The van der Waals surface area contributed by atoms with Crippen molar-refractivity contribution < 1.29 is 4.92 Å². The van der Waals surface area contributed by atoms with Gasteiger partial charge >= 0.3 is 0 Å². The van der Waals surface area contributed by atoms with Gasteiger partial charge in [0.25, 0.3) is 5.69 Å². The number of nitrogens with zero attached hydrogens (tertiary/aromatic N) is 2. The van der Waals surface area contributed by atoms with Crippen molar-refractivity contribution in [1.29, 1.82) is 0 Å². The van der Waals surface area contributed by atoms with Crippen LogP contribution in [0.4, 0.5) is 5.69 Å². The van der Waals surface area contributed by atoms with Crippen molar-refractivity contribution in [3.8, 4) is 0 Å². The molecule has 86 valence electrons. The van der Waals surface area contributed by atoms with Gasteiger partial charge in [0.1, 0.15) is 11.3 Å². The van der Waals surface area contributed by atoms with Crippen LogP contribution in [0.5, 0.6) is 0 Å². The van der Waals surface area contributed by atoms with Crippen LogP contribution < -0.4 is 5.32 Å². The van der Waals surface area contributed by atoms with Crippen LogP contribution in [0.25, 0.3) is 6.08 Å². The van der Waals surface area contributed by atoms with E-state index in [4.69, 9.17) is 11.6 Å². The fourth-order valence-electron chi connectivity index (χ4n) is 1.11. The van der Waals surface area contributed by atoms with Crippen molar-refractivity contribution in [3.63, 3.8) is 0 Å². The van der Waals surface area contributed by atoms with Gasteiger partial charge in [0, 0.05) is 11.6 Å². The number of nitro groups is 1. The first kappa shape index (κ1) is 12.6. The Kier molecular flexibility index (Phi) is 4.88.